The lowest BCUT2D eigenvalue weighted by molar-refractivity contribution is 0.0938. The highest BCUT2D eigenvalue weighted by Gasteiger charge is 2.17. The van der Waals surface area contributed by atoms with Crippen LogP contribution in [0.4, 0.5) is 0 Å². The minimum Gasteiger partial charge on any atom is -0.496 e. The summed E-state index contributed by atoms with van der Waals surface area (Å²) < 4.78 is 5.21. The van der Waals surface area contributed by atoms with Crippen LogP contribution in [-0.4, -0.2) is 18.3 Å². The first-order valence-corrected chi connectivity index (χ1v) is 7.91. The molecule has 0 fully saturated rings. The maximum absolute atomic E-state index is 12.4. The molecule has 0 heterocycles. The molecule has 1 atom stereocenters. The first-order chi connectivity index (χ1) is 10.2. The number of amides is 1. The van der Waals surface area contributed by atoms with Crippen molar-refractivity contribution in [3.05, 3.63) is 64.7 Å². The first kappa shape index (κ1) is 15.9. The van der Waals surface area contributed by atoms with E-state index >= 15 is 0 Å². The number of carbonyl (C=O) groups excluding carboxylic acids is 1. The maximum Gasteiger partial charge on any atom is 0.255 e. The van der Waals surface area contributed by atoms with Crippen molar-refractivity contribution >= 4 is 33.4 Å². The molecule has 1 amide bonds. The van der Waals surface area contributed by atoms with Crippen LogP contribution in [-0.2, 0) is 0 Å². The molecule has 0 spiro atoms. The van der Waals surface area contributed by atoms with Crippen LogP contribution >= 0.6 is 27.5 Å². The Morgan fingerprint density at radius 3 is 2.62 bits per heavy atom. The van der Waals surface area contributed by atoms with Crippen molar-refractivity contribution in [3.8, 4) is 5.75 Å². The summed E-state index contributed by atoms with van der Waals surface area (Å²) >= 11 is 9.34. The van der Waals surface area contributed by atoms with Gasteiger partial charge in [0.15, 0.2) is 0 Å². The Balaban J connectivity index is 2.21. The molecule has 2 rings (SSSR count). The van der Waals surface area contributed by atoms with Crippen molar-refractivity contribution in [1.29, 1.82) is 0 Å². The highest BCUT2D eigenvalue weighted by molar-refractivity contribution is 9.09. The minimum absolute atomic E-state index is 0.112. The Hall–Kier alpha value is -1.52. The van der Waals surface area contributed by atoms with E-state index in [9.17, 15) is 4.79 Å². The lowest BCUT2D eigenvalue weighted by Gasteiger charge is -2.17. The first-order valence-electron chi connectivity index (χ1n) is 6.41. The van der Waals surface area contributed by atoms with Crippen molar-refractivity contribution in [3.63, 3.8) is 0 Å². The second kappa shape index (κ2) is 7.48. The predicted molar refractivity (Wildman–Crippen MR) is 88.4 cm³/mol. The summed E-state index contributed by atoms with van der Waals surface area (Å²) in [5.74, 6) is 0.262. The Bertz CT molecular complexity index is 619. The van der Waals surface area contributed by atoms with E-state index in [1.807, 2.05) is 30.3 Å². The summed E-state index contributed by atoms with van der Waals surface area (Å²) in [4.78, 5) is 12.4. The zero-order valence-electron chi connectivity index (χ0n) is 11.5. The van der Waals surface area contributed by atoms with Gasteiger partial charge in [0.2, 0.25) is 0 Å². The lowest BCUT2D eigenvalue weighted by Crippen LogP contribution is -2.29. The summed E-state index contributed by atoms with van der Waals surface area (Å²) in [6, 6.07) is 14.6. The fraction of sp³-hybridized carbons (Fsp3) is 0.188. The number of nitrogens with one attached hydrogen (secondary N) is 1. The van der Waals surface area contributed by atoms with Crippen molar-refractivity contribution in [1.82, 2.24) is 5.32 Å². The number of benzene rings is 2. The van der Waals surface area contributed by atoms with Gasteiger partial charge in [-0.2, -0.15) is 0 Å². The van der Waals surface area contributed by atoms with Crippen LogP contribution in [0.15, 0.2) is 48.5 Å². The van der Waals surface area contributed by atoms with Crippen molar-refractivity contribution in [2.45, 2.75) is 6.04 Å². The van der Waals surface area contributed by atoms with E-state index in [-0.39, 0.29) is 11.9 Å². The lowest BCUT2D eigenvalue weighted by atomic mass is 10.1. The van der Waals surface area contributed by atoms with Crippen LogP contribution in [0.5, 0.6) is 5.75 Å². The molecular formula is C16H15BrClNO2. The van der Waals surface area contributed by atoms with E-state index in [2.05, 4.69) is 21.2 Å². The molecular weight excluding hydrogens is 354 g/mol. The van der Waals surface area contributed by atoms with Gasteiger partial charge in [-0.05, 0) is 23.8 Å². The van der Waals surface area contributed by atoms with Gasteiger partial charge in [0.25, 0.3) is 5.91 Å². The normalized spacial score (nSPS) is 11.8. The number of carbonyl (C=O) groups is 1. The van der Waals surface area contributed by atoms with Gasteiger partial charge in [-0.1, -0.05) is 57.9 Å². The second-order valence-corrected chi connectivity index (χ2v) is 5.52. The van der Waals surface area contributed by atoms with Gasteiger partial charge in [-0.25, -0.2) is 0 Å². The minimum atomic E-state index is -0.197. The van der Waals surface area contributed by atoms with Crippen molar-refractivity contribution in [2.75, 3.05) is 12.4 Å². The molecule has 1 N–H and O–H groups in total. The topological polar surface area (TPSA) is 38.3 Å². The summed E-state index contributed by atoms with van der Waals surface area (Å²) in [7, 11) is 1.52. The van der Waals surface area contributed by atoms with Crippen LogP contribution in [0.3, 0.4) is 0 Å². The zero-order chi connectivity index (χ0) is 15.2. The van der Waals surface area contributed by atoms with Gasteiger partial charge in [-0.15, -0.1) is 0 Å². The largest absolute Gasteiger partial charge is 0.496 e. The van der Waals surface area contributed by atoms with Crippen molar-refractivity contribution < 1.29 is 9.53 Å². The molecule has 110 valence electrons. The van der Waals surface area contributed by atoms with Gasteiger partial charge < -0.3 is 10.1 Å². The highest BCUT2D eigenvalue weighted by atomic mass is 79.9. The molecule has 0 aliphatic carbocycles. The third-order valence-electron chi connectivity index (χ3n) is 3.07. The summed E-state index contributed by atoms with van der Waals surface area (Å²) in [5, 5.41) is 4.14. The number of ether oxygens (including phenoxy) is 1. The number of hydrogen-bond acceptors (Lipinski definition) is 2. The fourth-order valence-corrected chi connectivity index (χ4v) is 2.68. The quantitative estimate of drug-likeness (QED) is 0.803. The van der Waals surface area contributed by atoms with Gasteiger partial charge in [0.1, 0.15) is 5.75 Å². The van der Waals surface area contributed by atoms with Crippen LogP contribution in [0.1, 0.15) is 22.0 Å². The van der Waals surface area contributed by atoms with E-state index in [1.54, 1.807) is 18.2 Å². The molecule has 0 radical (unpaired) electrons. The summed E-state index contributed by atoms with van der Waals surface area (Å²) in [6.07, 6.45) is 0. The van der Waals surface area contributed by atoms with E-state index in [0.29, 0.717) is 21.7 Å². The number of halogens is 2. The monoisotopic (exact) mass is 367 g/mol. The average molecular weight is 369 g/mol. The Morgan fingerprint density at radius 1 is 1.29 bits per heavy atom. The SMILES string of the molecule is COc1cc(Cl)ccc1C(=O)NC(CBr)c1ccccc1. The molecule has 3 nitrogen and oxygen atoms in total. The molecule has 0 saturated heterocycles. The van der Waals surface area contributed by atoms with Gasteiger partial charge in [0.05, 0.1) is 18.7 Å². The van der Waals surface area contributed by atoms with E-state index < -0.39 is 0 Å². The fourth-order valence-electron chi connectivity index (χ4n) is 1.98. The van der Waals surface area contributed by atoms with Gasteiger partial charge in [-0.3, -0.25) is 4.79 Å². The molecule has 0 aliphatic heterocycles. The molecule has 0 bridgehead atoms. The molecule has 21 heavy (non-hydrogen) atoms. The van der Waals surface area contributed by atoms with Crippen molar-refractivity contribution in [2.24, 2.45) is 0 Å². The van der Waals surface area contributed by atoms with Gasteiger partial charge in [0, 0.05) is 10.4 Å². The molecule has 2 aromatic carbocycles. The van der Waals surface area contributed by atoms with E-state index in [1.165, 1.54) is 7.11 Å². The third kappa shape index (κ3) is 3.99. The molecule has 0 saturated carbocycles. The highest BCUT2D eigenvalue weighted by Crippen LogP contribution is 2.24. The standard InChI is InChI=1S/C16H15BrClNO2/c1-21-15-9-12(18)7-8-13(15)16(20)19-14(10-17)11-5-3-2-4-6-11/h2-9,14H,10H2,1H3,(H,19,20). The number of hydrogen-bond donors (Lipinski definition) is 1. The molecule has 1 unspecified atom stereocenters. The van der Waals surface area contributed by atoms with Crippen LogP contribution in [0.2, 0.25) is 5.02 Å². The van der Waals surface area contributed by atoms with Crippen LogP contribution in [0, 0.1) is 0 Å². The summed E-state index contributed by atoms with van der Waals surface area (Å²) in [5.41, 5.74) is 1.50. The Labute approximate surface area is 137 Å². The Morgan fingerprint density at radius 2 is 2.00 bits per heavy atom. The predicted octanol–water partition coefficient (Wildman–Crippen LogP) is 4.21. The zero-order valence-corrected chi connectivity index (χ0v) is 13.8. The van der Waals surface area contributed by atoms with Gasteiger partial charge >= 0.3 is 0 Å². The molecule has 0 aliphatic rings. The third-order valence-corrected chi connectivity index (χ3v) is 3.95. The van der Waals surface area contributed by atoms with Crippen LogP contribution in [0.25, 0.3) is 0 Å². The van der Waals surface area contributed by atoms with Crippen LogP contribution < -0.4 is 10.1 Å². The van der Waals surface area contributed by atoms with E-state index in [4.69, 9.17) is 16.3 Å². The number of rotatable bonds is 5. The smallest absolute Gasteiger partial charge is 0.255 e. The number of alkyl halides is 1. The average Bonchev–Trinajstić information content (AvgIpc) is 2.53. The molecule has 5 heteroatoms. The maximum atomic E-state index is 12.4. The number of methoxy groups -OCH3 is 1. The summed E-state index contributed by atoms with van der Waals surface area (Å²) in [6.45, 7) is 0. The van der Waals surface area contributed by atoms with E-state index in [0.717, 1.165) is 5.56 Å². The Kier molecular flexibility index (Phi) is 5.65. The molecule has 0 aromatic heterocycles. The second-order valence-electron chi connectivity index (χ2n) is 4.44. The molecule has 2 aromatic rings.